The quantitative estimate of drug-likeness (QED) is 0.614. The number of guanidine groups is 1. The minimum absolute atomic E-state index is 0.332. The van der Waals surface area contributed by atoms with E-state index in [2.05, 4.69) is 27.4 Å². The van der Waals surface area contributed by atoms with Gasteiger partial charge in [-0.15, -0.1) is 0 Å². The van der Waals surface area contributed by atoms with Crippen molar-refractivity contribution < 1.29 is 4.39 Å². The molecule has 0 radical (unpaired) electrons. The van der Waals surface area contributed by atoms with Crippen molar-refractivity contribution in [2.45, 2.75) is 45.2 Å². The van der Waals surface area contributed by atoms with Crippen molar-refractivity contribution in [1.29, 1.82) is 5.26 Å². The zero-order chi connectivity index (χ0) is 18.1. The Bertz CT molecular complexity index is 615. The molecule has 0 bridgehead atoms. The standard InChI is InChI=1S/C19H28FN5/c1-3-4-9-25-10-7-17(8-11-25)24-19(22-2)23-14-16-6-5-15(13-21)12-18(16)20/h5-6,12,17H,3-4,7-11,14H2,1-2H3,(H2,22,23,24). The van der Waals surface area contributed by atoms with Gasteiger partial charge in [0.05, 0.1) is 11.6 Å². The van der Waals surface area contributed by atoms with Crippen LogP contribution in [0, 0.1) is 17.1 Å². The number of hydrogen-bond acceptors (Lipinski definition) is 3. The van der Waals surface area contributed by atoms with Gasteiger partial charge >= 0.3 is 0 Å². The number of unbranched alkanes of at least 4 members (excludes halogenated alkanes) is 1. The summed E-state index contributed by atoms with van der Waals surface area (Å²) < 4.78 is 13.9. The smallest absolute Gasteiger partial charge is 0.191 e. The number of hydrogen-bond donors (Lipinski definition) is 2. The maximum atomic E-state index is 13.9. The molecule has 5 nitrogen and oxygen atoms in total. The van der Waals surface area contributed by atoms with Gasteiger partial charge < -0.3 is 15.5 Å². The van der Waals surface area contributed by atoms with Crippen LogP contribution in [0.3, 0.4) is 0 Å². The van der Waals surface area contributed by atoms with Crippen molar-refractivity contribution in [3.63, 3.8) is 0 Å². The summed E-state index contributed by atoms with van der Waals surface area (Å²) in [6.45, 7) is 5.97. The molecule has 0 aromatic heterocycles. The Morgan fingerprint density at radius 3 is 2.76 bits per heavy atom. The minimum atomic E-state index is -0.369. The van der Waals surface area contributed by atoms with E-state index >= 15 is 0 Å². The number of likely N-dealkylation sites (tertiary alicyclic amines) is 1. The Kier molecular flexibility index (Phi) is 7.68. The Morgan fingerprint density at radius 2 is 2.16 bits per heavy atom. The first kappa shape index (κ1) is 19.2. The highest BCUT2D eigenvalue weighted by molar-refractivity contribution is 5.79. The zero-order valence-electron chi connectivity index (χ0n) is 15.2. The summed E-state index contributed by atoms with van der Waals surface area (Å²) in [5, 5.41) is 15.4. The number of nitrogens with one attached hydrogen (secondary N) is 2. The number of piperidine rings is 1. The number of nitrogens with zero attached hydrogens (tertiary/aromatic N) is 3. The maximum absolute atomic E-state index is 13.9. The van der Waals surface area contributed by atoms with Crippen LogP contribution in [0.25, 0.3) is 0 Å². The fourth-order valence-electron chi connectivity index (χ4n) is 3.01. The molecule has 25 heavy (non-hydrogen) atoms. The van der Waals surface area contributed by atoms with Crippen LogP contribution in [0.15, 0.2) is 23.2 Å². The van der Waals surface area contributed by atoms with Gasteiger partial charge in [0, 0.05) is 38.3 Å². The van der Waals surface area contributed by atoms with Crippen molar-refractivity contribution in [1.82, 2.24) is 15.5 Å². The third-order valence-corrected chi connectivity index (χ3v) is 4.61. The molecule has 1 saturated heterocycles. The number of halogens is 1. The topological polar surface area (TPSA) is 63.4 Å². The highest BCUT2D eigenvalue weighted by Crippen LogP contribution is 2.12. The summed E-state index contributed by atoms with van der Waals surface area (Å²) in [6, 6.07) is 6.87. The lowest BCUT2D eigenvalue weighted by atomic mass is 10.0. The average molecular weight is 345 g/mol. The normalized spacial score (nSPS) is 16.5. The van der Waals surface area contributed by atoms with E-state index in [9.17, 15) is 4.39 Å². The highest BCUT2D eigenvalue weighted by atomic mass is 19.1. The van der Waals surface area contributed by atoms with E-state index in [-0.39, 0.29) is 5.82 Å². The monoisotopic (exact) mass is 345 g/mol. The predicted molar refractivity (Wildman–Crippen MR) is 98.8 cm³/mol. The van der Waals surface area contributed by atoms with Gasteiger partial charge in [-0.2, -0.15) is 5.26 Å². The third kappa shape index (κ3) is 6.02. The van der Waals surface area contributed by atoms with Crippen LogP contribution in [-0.4, -0.2) is 43.6 Å². The van der Waals surface area contributed by atoms with E-state index in [0.717, 1.165) is 25.9 Å². The molecular weight excluding hydrogens is 317 g/mol. The lowest BCUT2D eigenvalue weighted by Gasteiger charge is -2.33. The number of rotatable bonds is 6. The summed E-state index contributed by atoms with van der Waals surface area (Å²) in [4.78, 5) is 6.75. The second kappa shape index (κ2) is 10.00. The molecule has 136 valence electrons. The fourth-order valence-corrected chi connectivity index (χ4v) is 3.01. The van der Waals surface area contributed by atoms with E-state index < -0.39 is 0 Å². The molecule has 2 N–H and O–H groups in total. The first-order valence-electron chi connectivity index (χ1n) is 9.04. The molecule has 1 aromatic carbocycles. The van der Waals surface area contributed by atoms with Crippen LogP contribution in [-0.2, 0) is 6.54 Å². The fraction of sp³-hybridized carbons (Fsp3) is 0.579. The van der Waals surface area contributed by atoms with Crippen molar-refractivity contribution in [2.24, 2.45) is 4.99 Å². The van der Waals surface area contributed by atoms with Crippen LogP contribution in [0.4, 0.5) is 4.39 Å². The Hall–Kier alpha value is -2.13. The molecule has 1 aromatic rings. The molecule has 0 unspecified atom stereocenters. The summed E-state index contributed by atoms with van der Waals surface area (Å²) >= 11 is 0. The zero-order valence-corrected chi connectivity index (χ0v) is 15.2. The summed E-state index contributed by atoms with van der Waals surface area (Å²) in [6.07, 6.45) is 4.68. The lowest BCUT2D eigenvalue weighted by Crippen LogP contribution is -2.48. The van der Waals surface area contributed by atoms with Gasteiger partial charge in [0.1, 0.15) is 5.82 Å². The van der Waals surface area contributed by atoms with Crippen molar-refractivity contribution in [3.8, 4) is 6.07 Å². The van der Waals surface area contributed by atoms with Crippen LogP contribution >= 0.6 is 0 Å². The second-order valence-corrected chi connectivity index (χ2v) is 6.46. The van der Waals surface area contributed by atoms with Gasteiger partial charge in [-0.05, 0) is 37.9 Å². The minimum Gasteiger partial charge on any atom is -0.354 e. The molecule has 2 rings (SSSR count). The predicted octanol–water partition coefficient (Wildman–Crippen LogP) is 2.63. The molecule has 0 amide bonds. The Morgan fingerprint density at radius 1 is 1.40 bits per heavy atom. The van der Waals surface area contributed by atoms with Gasteiger partial charge in [-0.3, -0.25) is 4.99 Å². The van der Waals surface area contributed by atoms with Crippen LogP contribution in [0.5, 0.6) is 0 Å². The van der Waals surface area contributed by atoms with E-state index in [0.29, 0.717) is 29.7 Å². The molecule has 1 aliphatic rings. The maximum Gasteiger partial charge on any atom is 0.191 e. The van der Waals surface area contributed by atoms with E-state index in [1.807, 2.05) is 6.07 Å². The first-order chi connectivity index (χ1) is 12.2. The summed E-state index contributed by atoms with van der Waals surface area (Å²) in [5.41, 5.74) is 0.856. The Balaban J connectivity index is 1.79. The van der Waals surface area contributed by atoms with Crippen LogP contribution in [0.2, 0.25) is 0 Å². The lowest BCUT2D eigenvalue weighted by molar-refractivity contribution is 0.203. The van der Waals surface area contributed by atoms with Gasteiger partial charge in [0.2, 0.25) is 0 Å². The molecule has 1 heterocycles. The average Bonchev–Trinajstić information content (AvgIpc) is 2.65. The molecule has 0 atom stereocenters. The molecule has 1 aliphatic heterocycles. The number of benzene rings is 1. The molecule has 0 spiro atoms. The van der Waals surface area contributed by atoms with Gasteiger partial charge in [-0.25, -0.2) is 4.39 Å². The van der Waals surface area contributed by atoms with E-state index in [4.69, 9.17) is 5.26 Å². The van der Waals surface area contributed by atoms with Crippen molar-refractivity contribution >= 4 is 5.96 Å². The molecule has 6 heteroatoms. The summed E-state index contributed by atoms with van der Waals surface area (Å²) in [7, 11) is 1.72. The van der Waals surface area contributed by atoms with Crippen molar-refractivity contribution in [3.05, 3.63) is 35.1 Å². The van der Waals surface area contributed by atoms with Gasteiger partial charge in [0.25, 0.3) is 0 Å². The first-order valence-corrected chi connectivity index (χ1v) is 9.04. The van der Waals surface area contributed by atoms with Crippen LogP contribution in [0.1, 0.15) is 43.7 Å². The third-order valence-electron chi connectivity index (χ3n) is 4.61. The Labute approximate surface area is 149 Å². The molecule has 0 saturated carbocycles. The molecular formula is C19H28FN5. The van der Waals surface area contributed by atoms with E-state index in [1.165, 1.54) is 25.5 Å². The van der Waals surface area contributed by atoms with Crippen molar-refractivity contribution in [2.75, 3.05) is 26.7 Å². The van der Waals surface area contributed by atoms with Crippen LogP contribution < -0.4 is 10.6 Å². The number of aliphatic imine (C=N–C) groups is 1. The van der Waals surface area contributed by atoms with E-state index in [1.54, 1.807) is 19.2 Å². The van der Waals surface area contributed by atoms with Gasteiger partial charge in [0.15, 0.2) is 5.96 Å². The second-order valence-electron chi connectivity index (χ2n) is 6.46. The SMILES string of the molecule is CCCCN1CCC(NC(=NC)NCc2ccc(C#N)cc2F)CC1. The molecule has 1 fully saturated rings. The van der Waals surface area contributed by atoms with Gasteiger partial charge in [-0.1, -0.05) is 19.4 Å². The largest absolute Gasteiger partial charge is 0.354 e. The number of nitriles is 1. The summed E-state index contributed by atoms with van der Waals surface area (Å²) in [5.74, 6) is 0.321. The highest BCUT2D eigenvalue weighted by Gasteiger charge is 2.19. The molecule has 0 aliphatic carbocycles.